The van der Waals surface area contributed by atoms with Crippen LogP contribution in [-0.4, -0.2) is 41.5 Å². The van der Waals surface area contributed by atoms with Crippen LogP contribution in [0.4, 0.5) is 4.39 Å². The molecule has 1 heterocycles. The third-order valence-electron chi connectivity index (χ3n) is 2.84. The molecule has 0 aromatic heterocycles. The molecule has 1 saturated heterocycles. The van der Waals surface area contributed by atoms with E-state index in [1.165, 1.54) is 12.1 Å². The van der Waals surface area contributed by atoms with Crippen molar-refractivity contribution in [3.63, 3.8) is 0 Å². The highest BCUT2D eigenvalue weighted by atomic mass is 32.2. The van der Waals surface area contributed by atoms with Crippen molar-refractivity contribution in [3.8, 4) is 6.07 Å². The van der Waals surface area contributed by atoms with Gasteiger partial charge in [0.25, 0.3) is 0 Å². The summed E-state index contributed by atoms with van der Waals surface area (Å²) in [5.41, 5.74) is -0.478. The first-order chi connectivity index (χ1) is 8.96. The number of benzene rings is 1. The van der Waals surface area contributed by atoms with Crippen molar-refractivity contribution in [2.45, 2.75) is 4.90 Å². The summed E-state index contributed by atoms with van der Waals surface area (Å²) in [4.78, 5) is -0.331. The van der Waals surface area contributed by atoms with E-state index in [1.807, 2.05) is 0 Å². The topological polar surface area (TPSA) is 78.2 Å². The van der Waals surface area contributed by atoms with E-state index >= 15 is 0 Å². The Kier molecular flexibility index (Phi) is 3.99. The molecule has 1 aliphatic rings. The Hall–Kier alpha value is -1.30. The zero-order chi connectivity index (χ0) is 14.0. The summed E-state index contributed by atoms with van der Waals surface area (Å²) in [6, 6.07) is 5.09. The lowest BCUT2D eigenvalue weighted by Gasteiger charge is -2.25. The Labute approximate surface area is 113 Å². The molecule has 0 bridgehead atoms. The molecule has 19 heavy (non-hydrogen) atoms. The van der Waals surface area contributed by atoms with E-state index < -0.39 is 32.2 Å². The summed E-state index contributed by atoms with van der Waals surface area (Å²) < 4.78 is 50.5. The van der Waals surface area contributed by atoms with Gasteiger partial charge in [-0.3, -0.25) is 4.21 Å². The third-order valence-corrected chi connectivity index (χ3v) is 6.06. The second kappa shape index (κ2) is 5.36. The first-order valence-corrected chi connectivity index (χ1v) is 8.43. The fourth-order valence-electron chi connectivity index (χ4n) is 1.83. The van der Waals surface area contributed by atoms with E-state index in [1.54, 1.807) is 6.07 Å². The lowest BCUT2D eigenvalue weighted by molar-refractivity contribution is 0.438. The van der Waals surface area contributed by atoms with Crippen LogP contribution in [0.25, 0.3) is 0 Å². The number of halogens is 1. The fourth-order valence-corrected chi connectivity index (χ4v) is 4.70. The molecule has 1 aliphatic heterocycles. The Morgan fingerprint density at radius 3 is 2.53 bits per heavy atom. The summed E-state index contributed by atoms with van der Waals surface area (Å²) in [5, 5.41) is 8.88. The molecule has 5 nitrogen and oxygen atoms in total. The highest BCUT2D eigenvalue weighted by Crippen LogP contribution is 2.22. The van der Waals surface area contributed by atoms with Gasteiger partial charge in [0.1, 0.15) is 22.3 Å². The second-order valence-electron chi connectivity index (χ2n) is 3.98. The molecule has 0 atom stereocenters. The highest BCUT2D eigenvalue weighted by molar-refractivity contribution is 7.89. The van der Waals surface area contributed by atoms with Gasteiger partial charge >= 0.3 is 0 Å². The van der Waals surface area contributed by atoms with Gasteiger partial charge in [-0.1, -0.05) is 6.07 Å². The third kappa shape index (κ3) is 2.68. The van der Waals surface area contributed by atoms with E-state index in [-0.39, 0.29) is 29.5 Å². The van der Waals surface area contributed by atoms with Crippen LogP contribution in [-0.2, 0) is 20.8 Å². The molecule has 0 unspecified atom stereocenters. The van der Waals surface area contributed by atoms with E-state index in [4.69, 9.17) is 5.26 Å². The lowest BCUT2D eigenvalue weighted by Crippen LogP contribution is -2.42. The highest BCUT2D eigenvalue weighted by Gasteiger charge is 2.30. The molecule has 1 aromatic rings. The Morgan fingerprint density at radius 1 is 1.32 bits per heavy atom. The average Bonchev–Trinajstić information content (AvgIpc) is 2.39. The minimum absolute atomic E-state index is 0.121. The molecule has 102 valence electrons. The molecule has 2 rings (SSSR count). The molecular formula is C11H11FN2O3S2. The maximum atomic E-state index is 13.5. The molecule has 0 saturated carbocycles. The summed E-state index contributed by atoms with van der Waals surface area (Å²) in [7, 11) is -4.92. The zero-order valence-corrected chi connectivity index (χ0v) is 11.5. The number of nitriles is 1. The quantitative estimate of drug-likeness (QED) is 0.794. The van der Waals surface area contributed by atoms with Gasteiger partial charge in [0, 0.05) is 35.4 Å². The predicted molar refractivity (Wildman–Crippen MR) is 67.8 cm³/mol. The largest absolute Gasteiger partial charge is 0.259 e. The van der Waals surface area contributed by atoms with E-state index in [2.05, 4.69) is 0 Å². The maximum Gasteiger partial charge on any atom is 0.244 e. The zero-order valence-electron chi connectivity index (χ0n) is 9.87. The molecule has 0 spiro atoms. The molecule has 1 fully saturated rings. The van der Waals surface area contributed by atoms with Crippen molar-refractivity contribution in [3.05, 3.63) is 29.6 Å². The number of rotatable bonds is 2. The monoisotopic (exact) mass is 302 g/mol. The van der Waals surface area contributed by atoms with Crippen LogP contribution in [0, 0.1) is 17.1 Å². The van der Waals surface area contributed by atoms with Gasteiger partial charge in [0.15, 0.2) is 0 Å². The van der Waals surface area contributed by atoms with Crippen LogP contribution in [0.1, 0.15) is 5.56 Å². The summed E-state index contributed by atoms with van der Waals surface area (Å²) in [5.74, 6) is -0.337. The maximum absolute atomic E-state index is 13.5. The van der Waals surface area contributed by atoms with Crippen molar-refractivity contribution < 1.29 is 17.0 Å². The molecule has 1 aromatic carbocycles. The molecule has 0 amide bonds. The van der Waals surface area contributed by atoms with Crippen LogP contribution in [0.15, 0.2) is 23.1 Å². The van der Waals surface area contributed by atoms with Gasteiger partial charge < -0.3 is 0 Å². The lowest BCUT2D eigenvalue weighted by atomic mass is 10.2. The van der Waals surface area contributed by atoms with Gasteiger partial charge in [0.2, 0.25) is 10.0 Å². The number of hydrogen-bond acceptors (Lipinski definition) is 4. The Balaban J connectivity index is 2.43. The molecule has 0 aliphatic carbocycles. The fraction of sp³-hybridized carbons (Fsp3) is 0.364. The van der Waals surface area contributed by atoms with E-state index in [0.717, 1.165) is 10.4 Å². The average molecular weight is 302 g/mol. The molecule has 8 heteroatoms. The number of sulfonamides is 1. The SMILES string of the molecule is N#Cc1c(F)cccc1S(=O)(=O)N1CCS(=O)CC1. The van der Waals surface area contributed by atoms with Crippen molar-refractivity contribution in [2.24, 2.45) is 0 Å². The normalized spacial score (nSPS) is 18.1. The van der Waals surface area contributed by atoms with Crippen molar-refractivity contribution >= 4 is 20.8 Å². The van der Waals surface area contributed by atoms with Gasteiger partial charge in [-0.05, 0) is 12.1 Å². The van der Waals surface area contributed by atoms with Crippen molar-refractivity contribution in [1.82, 2.24) is 4.31 Å². The number of hydrogen-bond donors (Lipinski definition) is 0. The number of nitrogens with zero attached hydrogens (tertiary/aromatic N) is 2. The van der Waals surface area contributed by atoms with Crippen molar-refractivity contribution in [2.75, 3.05) is 24.6 Å². The standard InChI is InChI=1S/C11H11FN2O3S2/c12-10-2-1-3-11(9(10)8-13)19(16,17)14-4-6-18(15)7-5-14/h1-3H,4-7H2. The first-order valence-electron chi connectivity index (χ1n) is 5.50. The molecular weight excluding hydrogens is 291 g/mol. The second-order valence-corrected chi connectivity index (χ2v) is 7.58. The summed E-state index contributed by atoms with van der Waals surface area (Å²) in [6.07, 6.45) is 0. The van der Waals surface area contributed by atoms with Gasteiger partial charge in [-0.25, -0.2) is 12.8 Å². The summed E-state index contributed by atoms with van der Waals surface area (Å²) in [6.45, 7) is 0.243. The molecule has 0 radical (unpaired) electrons. The van der Waals surface area contributed by atoms with Crippen LogP contribution in [0.3, 0.4) is 0 Å². The smallest absolute Gasteiger partial charge is 0.244 e. The van der Waals surface area contributed by atoms with E-state index in [0.29, 0.717) is 0 Å². The minimum Gasteiger partial charge on any atom is -0.259 e. The van der Waals surface area contributed by atoms with Crippen LogP contribution < -0.4 is 0 Å². The first kappa shape index (κ1) is 14.1. The van der Waals surface area contributed by atoms with Gasteiger partial charge in [0.05, 0.1) is 0 Å². The predicted octanol–water partition coefficient (Wildman–Crippen LogP) is 0.450. The van der Waals surface area contributed by atoms with Crippen LogP contribution in [0.2, 0.25) is 0 Å². The van der Waals surface area contributed by atoms with E-state index in [9.17, 15) is 17.0 Å². The van der Waals surface area contributed by atoms with Gasteiger partial charge in [-0.2, -0.15) is 9.57 Å². The summed E-state index contributed by atoms with van der Waals surface area (Å²) >= 11 is 0. The minimum atomic E-state index is -3.91. The van der Waals surface area contributed by atoms with Crippen LogP contribution >= 0.6 is 0 Å². The Bertz CT molecular complexity index is 657. The Morgan fingerprint density at radius 2 is 1.95 bits per heavy atom. The van der Waals surface area contributed by atoms with Crippen molar-refractivity contribution in [1.29, 1.82) is 5.26 Å². The van der Waals surface area contributed by atoms with Gasteiger partial charge in [-0.15, -0.1) is 0 Å². The molecule has 0 N–H and O–H groups in total. The van der Waals surface area contributed by atoms with Crippen LogP contribution in [0.5, 0.6) is 0 Å².